The van der Waals surface area contributed by atoms with Gasteiger partial charge in [-0.15, -0.1) is 0 Å². The minimum absolute atomic E-state index is 0.365. The van der Waals surface area contributed by atoms with Crippen LogP contribution in [0.2, 0.25) is 0 Å². The molecule has 0 aliphatic heterocycles. The predicted octanol–water partition coefficient (Wildman–Crippen LogP) is 0.944. The van der Waals surface area contributed by atoms with E-state index < -0.39 is 10.0 Å². The minimum atomic E-state index is -3.44. The van der Waals surface area contributed by atoms with Crippen molar-refractivity contribution >= 4 is 10.0 Å². The zero-order valence-electron chi connectivity index (χ0n) is 12.7. The third-order valence-electron chi connectivity index (χ3n) is 3.38. The average Bonchev–Trinajstić information content (AvgIpc) is 2.40. The summed E-state index contributed by atoms with van der Waals surface area (Å²) in [5, 5.41) is 3.05. The molecule has 5 nitrogen and oxygen atoms in total. The highest BCUT2D eigenvalue weighted by molar-refractivity contribution is 7.89. The first-order valence-corrected chi connectivity index (χ1v) is 8.32. The zero-order chi connectivity index (χ0) is 15.2. The first-order valence-electron chi connectivity index (χ1n) is 6.83. The standard InChI is InChI=1S/C14H25N3O2S/c1-5-17(4)10-9-16-20(18,19)14-8-6-7-13(11-15-3)12(14)2/h6-8,15-16H,5,9-11H2,1-4H3. The second kappa shape index (κ2) is 7.73. The van der Waals surface area contributed by atoms with Crippen molar-refractivity contribution in [2.24, 2.45) is 0 Å². The van der Waals surface area contributed by atoms with Gasteiger partial charge in [0, 0.05) is 19.6 Å². The van der Waals surface area contributed by atoms with Crippen LogP contribution < -0.4 is 10.0 Å². The SMILES string of the molecule is CCN(C)CCNS(=O)(=O)c1cccc(CNC)c1C. The minimum Gasteiger partial charge on any atom is -0.316 e. The maximum absolute atomic E-state index is 12.3. The summed E-state index contributed by atoms with van der Waals surface area (Å²) in [7, 11) is 0.372. The molecule has 1 aromatic carbocycles. The highest BCUT2D eigenvalue weighted by Gasteiger charge is 2.17. The second-order valence-electron chi connectivity index (χ2n) is 4.86. The van der Waals surface area contributed by atoms with Crippen LogP contribution in [-0.2, 0) is 16.6 Å². The number of sulfonamides is 1. The van der Waals surface area contributed by atoms with Crippen LogP contribution in [0, 0.1) is 6.92 Å². The Morgan fingerprint density at radius 1 is 1.30 bits per heavy atom. The smallest absolute Gasteiger partial charge is 0.240 e. The van der Waals surface area contributed by atoms with E-state index in [9.17, 15) is 8.42 Å². The molecule has 1 rings (SSSR count). The number of rotatable bonds is 8. The number of nitrogens with one attached hydrogen (secondary N) is 2. The third kappa shape index (κ3) is 4.56. The van der Waals surface area contributed by atoms with Crippen LogP contribution in [0.25, 0.3) is 0 Å². The van der Waals surface area contributed by atoms with Gasteiger partial charge in [-0.2, -0.15) is 0 Å². The lowest BCUT2D eigenvalue weighted by Gasteiger charge is -2.16. The van der Waals surface area contributed by atoms with Gasteiger partial charge in [0.25, 0.3) is 0 Å². The van der Waals surface area contributed by atoms with Crippen molar-refractivity contribution in [3.8, 4) is 0 Å². The van der Waals surface area contributed by atoms with Crippen molar-refractivity contribution in [3.05, 3.63) is 29.3 Å². The zero-order valence-corrected chi connectivity index (χ0v) is 13.5. The summed E-state index contributed by atoms with van der Waals surface area (Å²) in [5.41, 5.74) is 1.80. The molecule has 114 valence electrons. The van der Waals surface area contributed by atoms with E-state index in [0.29, 0.717) is 24.5 Å². The molecule has 0 aromatic heterocycles. The highest BCUT2D eigenvalue weighted by atomic mass is 32.2. The Kier molecular flexibility index (Phi) is 6.61. The van der Waals surface area contributed by atoms with E-state index in [1.54, 1.807) is 12.1 Å². The predicted molar refractivity (Wildman–Crippen MR) is 82.3 cm³/mol. The van der Waals surface area contributed by atoms with Gasteiger partial charge in [-0.1, -0.05) is 19.1 Å². The molecule has 0 spiro atoms. The van der Waals surface area contributed by atoms with E-state index in [2.05, 4.69) is 14.9 Å². The molecule has 0 heterocycles. The van der Waals surface area contributed by atoms with Crippen LogP contribution in [0.5, 0.6) is 0 Å². The molecular formula is C14H25N3O2S. The summed E-state index contributed by atoms with van der Waals surface area (Å²) in [6.07, 6.45) is 0. The highest BCUT2D eigenvalue weighted by Crippen LogP contribution is 2.18. The van der Waals surface area contributed by atoms with Crippen molar-refractivity contribution in [2.45, 2.75) is 25.3 Å². The van der Waals surface area contributed by atoms with Gasteiger partial charge in [-0.3, -0.25) is 0 Å². The van der Waals surface area contributed by atoms with Crippen LogP contribution in [0.4, 0.5) is 0 Å². The van der Waals surface area contributed by atoms with E-state index in [-0.39, 0.29) is 0 Å². The first-order chi connectivity index (χ1) is 9.42. The summed E-state index contributed by atoms with van der Waals surface area (Å²) in [6.45, 7) is 6.57. The van der Waals surface area contributed by atoms with Crippen LogP contribution in [0.3, 0.4) is 0 Å². The number of benzene rings is 1. The van der Waals surface area contributed by atoms with E-state index >= 15 is 0 Å². The summed E-state index contributed by atoms with van der Waals surface area (Å²) in [6, 6.07) is 5.38. The Bertz CT molecular complexity index is 529. The van der Waals surface area contributed by atoms with E-state index in [0.717, 1.165) is 17.7 Å². The van der Waals surface area contributed by atoms with E-state index in [1.807, 2.05) is 34.0 Å². The molecule has 0 aliphatic rings. The molecule has 20 heavy (non-hydrogen) atoms. The Labute approximate surface area is 122 Å². The molecule has 0 radical (unpaired) electrons. The van der Waals surface area contributed by atoms with Crippen molar-refractivity contribution in [1.29, 1.82) is 0 Å². The fourth-order valence-electron chi connectivity index (χ4n) is 1.94. The van der Waals surface area contributed by atoms with Gasteiger partial charge >= 0.3 is 0 Å². The molecule has 0 amide bonds. The van der Waals surface area contributed by atoms with E-state index in [4.69, 9.17) is 0 Å². The number of nitrogens with zero attached hydrogens (tertiary/aromatic N) is 1. The second-order valence-corrected chi connectivity index (χ2v) is 6.60. The van der Waals surface area contributed by atoms with Gasteiger partial charge in [0.15, 0.2) is 0 Å². The van der Waals surface area contributed by atoms with Crippen molar-refractivity contribution in [2.75, 3.05) is 33.7 Å². The summed E-state index contributed by atoms with van der Waals surface area (Å²) < 4.78 is 27.3. The molecule has 0 atom stereocenters. The third-order valence-corrected chi connectivity index (χ3v) is 4.98. The first kappa shape index (κ1) is 17.1. The topological polar surface area (TPSA) is 61.4 Å². The molecule has 6 heteroatoms. The van der Waals surface area contributed by atoms with Gasteiger partial charge in [0.1, 0.15) is 0 Å². The van der Waals surface area contributed by atoms with Gasteiger partial charge < -0.3 is 10.2 Å². The molecule has 0 fully saturated rings. The summed E-state index contributed by atoms with van der Waals surface area (Å²) >= 11 is 0. The van der Waals surface area contributed by atoms with Gasteiger partial charge in [0.2, 0.25) is 10.0 Å². The lowest BCUT2D eigenvalue weighted by molar-refractivity contribution is 0.358. The van der Waals surface area contributed by atoms with Crippen LogP contribution in [0.1, 0.15) is 18.1 Å². The Morgan fingerprint density at radius 2 is 2.00 bits per heavy atom. The normalized spacial score (nSPS) is 12.1. The molecule has 1 aromatic rings. The Hall–Kier alpha value is -0.950. The average molecular weight is 299 g/mol. The maximum atomic E-state index is 12.3. The maximum Gasteiger partial charge on any atom is 0.240 e. The monoisotopic (exact) mass is 299 g/mol. The number of hydrogen-bond donors (Lipinski definition) is 2. The molecule has 0 saturated carbocycles. The molecule has 0 bridgehead atoms. The largest absolute Gasteiger partial charge is 0.316 e. The molecule has 0 saturated heterocycles. The lowest BCUT2D eigenvalue weighted by Crippen LogP contribution is -2.33. The molecule has 2 N–H and O–H groups in total. The Balaban J connectivity index is 2.84. The number of likely N-dealkylation sites (N-methyl/N-ethyl adjacent to an activating group) is 1. The van der Waals surface area contributed by atoms with Gasteiger partial charge in [0.05, 0.1) is 4.90 Å². The Morgan fingerprint density at radius 3 is 2.60 bits per heavy atom. The van der Waals surface area contributed by atoms with Crippen LogP contribution in [0.15, 0.2) is 23.1 Å². The summed E-state index contributed by atoms with van der Waals surface area (Å²) in [4.78, 5) is 2.43. The molecule has 0 unspecified atom stereocenters. The van der Waals surface area contributed by atoms with E-state index in [1.165, 1.54) is 0 Å². The quantitative estimate of drug-likeness (QED) is 0.750. The summed E-state index contributed by atoms with van der Waals surface area (Å²) in [5.74, 6) is 0. The van der Waals surface area contributed by atoms with Crippen LogP contribution in [-0.4, -0.2) is 47.0 Å². The fraction of sp³-hybridized carbons (Fsp3) is 0.571. The number of hydrogen-bond acceptors (Lipinski definition) is 4. The van der Waals surface area contributed by atoms with Crippen molar-refractivity contribution in [1.82, 2.24) is 14.9 Å². The van der Waals surface area contributed by atoms with Gasteiger partial charge in [-0.25, -0.2) is 13.1 Å². The fourth-order valence-corrected chi connectivity index (χ4v) is 3.25. The van der Waals surface area contributed by atoms with Gasteiger partial charge in [-0.05, 0) is 44.8 Å². The lowest BCUT2D eigenvalue weighted by atomic mass is 10.1. The van der Waals surface area contributed by atoms with Crippen molar-refractivity contribution in [3.63, 3.8) is 0 Å². The van der Waals surface area contributed by atoms with Crippen LogP contribution >= 0.6 is 0 Å². The molecular weight excluding hydrogens is 274 g/mol. The molecule has 0 aliphatic carbocycles. The van der Waals surface area contributed by atoms with Crippen molar-refractivity contribution < 1.29 is 8.42 Å².